The van der Waals surface area contributed by atoms with Gasteiger partial charge in [0.25, 0.3) is 0 Å². The summed E-state index contributed by atoms with van der Waals surface area (Å²) in [6, 6.07) is 9.34. The average molecular weight is 521 g/mol. The SMILES string of the molecule is Cc1cccc(C)c1-c1cc(Oc2ccnc(N3CCN(C)CC3)c2F)nc(NSc2cnn(C)c2)n1. The Bertz CT molecular complexity index is 1380. The molecule has 0 spiro atoms. The summed E-state index contributed by atoms with van der Waals surface area (Å²) in [5.41, 5.74) is 3.81. The largest absolute Gasteiger partial charge is 0.436 e. The number of anilines is 2. The second-order valence-electron chi connectivity index (χ2n) is 9.07. The minimum atomic E-state index is -0.501. The Morgan fingerprint density at radius 1 is 1.03 bits per heavy atom. The van der Waals surface area contributed by atoms with E-state index in [4.69, 9.17) is 9.72 Å². The van der Waals surface area contributed by atoms with Crippen LogP contribution in [0.4, 0.5) is 16.2 Å². The molecule has 4 heterocycles. The molecule has 0 radical (unpaired) electrons. The van der Waals surface area contributed by atoms with E-state index in [-0.39, 0.29) is 11.6 Å². The van der Waals surface area contributed by atoms with Gasteiger partial charge in [-0.2, -0.15) is 14.5 Å². The van der Waals surface area contributed by atoms with E-state index in [1.54, 1.807) is 23.1 Å². The standard InChI is InChI=1S/C26H29FN8OS/c1-17-6-5-7-18(2)23(17)20-14-22(31-26(30-20)32-37-19-15-29-34(4)16-19)36-21-8-9-28-25(24(21)27)35-12-10-33(3)11-13-35/h5-9,14-16H,10-13H2,1-4H3,(H,30,31,32). The number of aromatic nitrogens is 5. The molecular formula is C26H29FN8OS. The molecule has 5 rings (SSSR count). The van der Waals surface area contributed by atoms with Crippen LogP contribution in [0.15, 0.2) is 53.8 Å². The fourth-order valence-electron chi connectivity index (χ4n) is 4.27. The lowest BCUT2D eigenvalue weighted by atomic mass is 10.00. The Labute approximate surface area is 219 Å². The maximum absolute atomic E-state index is 15.5. The first-order valence-electron chi connectivity index (χ1n) is 12.0. The maximum Gasteiger partial charge on any atom is 0.237 e. The fourth-order valence-corrected chi connectivity index (χ4v) is 4.88. The molecule has 9 nitrogen and oxygen atoms in total. The Balaban J connectivity index is 1.48. The molecule has 37 heavy (non-hydrogen) atoms. The van der Waals surface area contributed by atoms with Gasteiger partial charge in [-0.25, -0.2) is 9.97 Å². The predicted molar refractivity (Wildman–Crippen MR) is 144 cm³/mol. The van der Waals surface area contributed by atoms with Gasteiger partial charge in [0.2, 0.25) is 17.6 Å². The zero-order chi connectivity index (χ0) is 25.9. The predicted octanol–water partition coefficient (Wildman–Crippen LogP) is 4.69. The molecule has 1 aromatic carbocycles. The molecule has 0 unspecified atom stereocenters. The van der Waals surface area contributed by atoms with Crippen LogP contribution < -0.4 is 14.4 Å². The van der Waals surface area contributed by atoms with Crippen LogP contribution in [0.5, 0.6) is 11.6 Å². The lowest BCUT2D eigenvalue weighted by molar-refractivity contribution is 0.310. The Morgan fingerprint density at radius 3 is 2.49 bits per heavy atom. The summed E-state index contributed by atoms with van der Waals surface area (Å²) in [6.45, 7) is 7.17. The molecule has 0 atom stereocenters. The summed E-state index contributed by atoms with van der Waals surface area (Å²) in [7, 11) is 3.91. The van der Waals surface area contributed by atoms with Gasteiger partial charge in [0.05, 0.1) is 16.8 Å². The van der Waals surface area contributed by atoms with E-state index in [0.717, 1.165) is 34.7 Å². The summed E-state index contributed by atoms with van der Waals surface area (Å²) >= 11 is 1.34. The van der Waals surface area contributed by atoms with Gasteiger partial charge in [-0.1, -0.05) is 18.2 Å². The fraction of sp³-hybridized carbons (Fsp3) is 0.308. The quantitative estimate of drug-likeness (QED) is 0.349. The Kier molecular flexibility index (Phi) is 7.24. The van der Waals surface area contributed by atoms with E-state index >= 15 is 4.39 Å². The average Bonchev–Trinajstić information content (AvgIpc) is 3.30. The van der Waals surface area contributed by atoms with Crippen molar-refractivity contribution in [3.8, 4) is 22.9 Å². The first-order valence-corrected chi connectivity index (χ1v) is 12.8. The van der Waals surface area contributed by atoms with E-state index in [1.165, 1.54) is 18.0 Å². The summed E-state index contributed by atoms with van der Waals surface area (Å²) in [5.74, 6) is 0.439. The van der Waals surface area contributed by atoms with Gasteiger partial charge >= 0.3 is 0 Å². The van der Waals surface area contributed by atoms with Crippen molar-refractivity contribution >= 4 is 23.7 Å². The second kappa shape index (κ2) is 10.7. The first-order chi connectivity index (χ1) is 17.9. The number of rotatable bonds is 7. The molecule has 11 heteroatoms. The molecule has 0 amide bonds. The molecule has 3 aromatic heterocycles. The van der Waals surface area contributed by atoms with Crippen molar-refractivity contribution in [2.24, 2.45) is 7.05 Å². The van der Waals surface area contributed by atoms with Gasteiger partial charge in [-0.15, -0.1) is 0 Å². The van der Waals surface area contributed by atoms with Crippen molar-refractivity contribution in [1.82, 2.24) is 29.6 Å². The van der Waals surface area contributed by atoms with Crippen LogP contribution in [-0.2, 0) is 7.05 Å². The molecule has 0 saturated carbocycles. The molecular weight excluding hydrogens is 491 g/mol. The number of hydrogen-bond donors (Lipinski definition) is 1. The van der Waals surface area contributed by atoms with E-state index in [9.17, 15) is 0 Å². The zero-order valence-corrected chi connectivity index (χ0v) is 22.1. The normalized spacial score (nSPS) is 14.1. The third-order valence-corrected chi connectivity index (χ3v) is 6.97. The van der Waals surface area contributed by atoms with Crippen molar-refractivity contribution in [3.05, 3.63) is 65.9 Å². The number of aryl methyl sites for hydroxylation is 3. The zero-order valence-electron chi connectivity index (χ0n) is 21.3. The van der Waals surface area contributed by atoms with Crippen molar-refractivity contribution < 1.29 is 9.13 Å². The van der Waals surface area contributed by atoms with Crippen LogP contribution in [0.1, 0.15) is 11.1 Å². The lowest BCUT2D eigenvalue weighted by Gasteiger charge is -2.33. The molecule has 1 fully saturated rings. The summed E-state index contributed by atoms with van der Waals surface area (Å²) < 4.78 is 26.5. The Hall–Kier alpha value is -3.70. The van der Waals surface area contributed by atoms with Gasteiger partial charge in [0.15, 0.2) is 11.6 Å². The second-order valence-corrected chi connectivity index (χ2v) is 9.95. The monoisotopic (exact) mass is 520 g/mol. The van der Waals surface area contributed by atoms with Gasteiger partial charge in [-0.05, 0) is 44.0 Å². The Morgan fingerprint density at radius 2 is 1.78 bits per heavy atom. The minimum absolute atomic E-state index is 0.0703. The van der Waals surface area contributed by atoms with Gasteiger partial charge in [0.1, 0.15) is 0 Å². The van der Waals surface area contributed by atoms with Crippen molar-refractivity contribution in [3.63, 3.8) is 0 Å². The molecule has 0 aliphatic carbocycles. The maximum atomic E-state index is 15.5. The van der Waals surface area contributed by atoms with Crippen molar-refractivity contribution in [2.75, 3.05) is 42.8 Å². The number of ether oxygens (including phenoxy) is 1. The minimum Gasteiger partial charge on any atom is -0.436 e. The van der Waals surface area contributed by atoms with E-state index in [1.807, 2.05) is 50.2 Å². The highest BCUT2D eigenvalue weighted by atomic mass is 32.2. The molecule has 4 aromatic rings. The number of hydrogen-bond acceptors (Lipinski definition) is 9. The van der Waals surface area contributed by atoms with E-state index in [2.05, 4.69) is 31.7 Å². The third-order valence-electron chi connectivity index (χ3n) is 6.23. The van der Waals surface area contributed by atoms with E-state index < -0.39 is 5.82 Å². The van der Waals surface area contributed by atoms with Crippen LogP contribution in [-0.4, -0.2) is 62.9 Å². The molecule has 0 bridgehead atoms. The number of halogens is 1. The third kappa shape index (κ3) is 5.67. The lowest BCUT2D eigenvalue weighted by Crippen LogP contribution is -2.45. The molecule has 1 saturated heterocycles. The molecule has 1 N–H and O–H groups in total. The smallest absolute Gasteiger partial charge is 0.237 e. The number of piperazine rings is 1. The van der Waals surface area contributed by atoms with Crippen LogP contribution >= 0.6 is 11.9 Å². The van der Waals surface area contributed by atoms with Crippen LogP contribution in [0.2, 0.25) is 0 Å². The highest BCUT2D eigenvalue weighted by molar-refractivity contribution is 8.00. The van der Waals surface area contributed by atoms with Crippen molar-refractivity contribution in [1.29, 1.82) is 0 Å². The van der Waals surface area contributed by atoms with Crippen LogP contribution in [0, 0.1) is 19.7 Å². The molecule has 1 aliphatic rings. The number of likely N-dealkylation sites (N-methyl/N-ethyl adjacent to an activating group) is 1. The summed E-state index contributed by atoms with van der Waals surface area (Å²) in [5, 5.41) is 4.19. The van der Waals surface area contributed by atoms with Crippen LogP contribution in [0.25, 0.3) is 11.3 Å². The van der Waals surface area contributed by atoms with Crippen LogP contribution in [0.3, 0.4) is 0 Å². The first kappa shape index (κ1) is 25.0. The number of pyridine rings is 1. The number of nitrogens with one attached hydrogen (secondary N) is 1. The summed E-state index contributed by atoms with van der Waals surface area (Å²) in [6.07, 6.45) is 5.20. The number of nitrogens with zero attached hydrogens (tertiary/aromatic N) is 7. The topological polar surface area (TPSA) is 84.2 Å². The summed E-state index contributed by atoms with van der Waals surface area (Å²) in [4.78, 5) is 18.6. The van der Waals surface area contributed by atoms with Crippen molar-refractivity contribution in [2.45, 2.75) is 18.7 Å². The molecule has 192 valence electrons. The highest BCUT2D eigenvalue weighted by Crippen LogP contribution is 2.33. The van der Waals surface area contributed by atoms with Gasteiger partial charge < -0.3 is 14.5 Å². The number of benzene rings is 1. The van der Waals surface area contributed by atoms with E-state index in [0.29, 0.717) is 30.5 Å². The molecule has 1 aliphatic heterocycles. The highest BCUT2D eigenvalue weighted by Gasteiger charge is 2.22. The van der Waals surface area contributed by atoms with Gasteiger partial charge in [-0.3, -0.25) is 9.40 Å². The van der Waals surface area contributed by atoms with Gasteiger partial charge in [0, 0.05) is 63.3 Å².